The number of aliphatic hydroxyl groups excluding tert-OH is 1. The number of aliphatic hydroxyl groups is 1. The highest BCUT2D eigenvalue weighted by molar-refractivity contribution is 7.89. The van der Waals surface area contributed by atoms with Crippen LogP contribution < -0.4 is 4.72 Å². The molecule has 0 saturated carbocycles. The first kappa shape index (κ1) is 15.6. The van der Waals surface area contributed by atoms with E-state index in [4.69, 9.17) is 0 Å². The summed E-state index contributed by atoms with van der Waals surface area (Å²) in [4.78, 5) is -0.0560. The Kier molecular flexibility index (Phi) is 4.41. The number of hydrogen-bond donors (Lipinski definition) is 2. The molecule has 0 aliphatic rings. The van der Waals surface area contributed by atoms with E-state index >= 15 is 0 Å². The lowest BCUT2D eigenvalue weighted by Crippen LogP contribution is -2.46. The molecule has 0 heterocycles. The van der Waals surface area contributed by atoms with Crippen LogP contribution in [-0.2, 0) is 15.6 Å². The quantitative estimate of drug-likeness (QED) is 0.888. The molecule has 0 bridgehead atoms. The van der Waals surface area contributed by atoms with Crippen LogP contribution in [0.2, 0.25) is 0 Å². The molecule has 112 valence electrons. The van der Waals surface area contributed by atoms with Gasteiger partial charge in [0.1, 0.15) is 5.82 Å². The molecule has 2 rings (SSSR count). The van der Waals surface area contributed by atoms with Gasteiger partial charge >= 0.3 is 0 Å². The van der Waals surface area contributed by atoms with Gasteiger partial charge in [-0.2, -0.15) is 4.72 Å². The van der Waals surface area contributed by atoms with Gasteiger partial charge in [-0.15, -0.1) is 0 Å². The predicted octanol–water partition coefficient (Wildman–Crippen LogP) is 2.01. The van der Waals surface area contributed by atoms with Crippen LogP contribution in [0.1, 0.15) is 12.5 Å². The second-order valence-electron chi connectivity index (χ2n) is 4.92. The van der Waals surface area contributed by atoms with Gasteiger partial charge in [0.05, 0.1) is 17.0 Å². The van der Waals surface area contributed by atoms with Gasteiger partial charge in [-0.05, 0) is 36.8 Å². The molecule has 0 aliphatic heterocycles. The van der Waals surface area contributed by atoms with E-state index in [2.05, 4.69) is 4.72 Å². The number of rotatable bonds is 5. The molecule has 0 aromatic heterocycles. The minimum Gasteiger partial charge on any atom is -0.394 e. The third kappa shape index (κ3) is 3.47. The van der Waals surface area contributed by atoms with Gasteiger partial charge < -0.3 is 5.11 Å². The van der Waals surface area contributed by atoms with Crippen LogP contribution in [-0.4, -0.2) is 20.1 Å². The standard InChI is InChI=1S/C15H16FNO3S/c1-15(11-18,12-5-3-2-4-6-12)17-21(19,20)14-9-7-13(16)8-10-14/h2-10,17-18H,11H2,1H3. The number of halogens is 1. The lowest BCUT2D eigenvalue weighted by molar-refractivity contribution is 0.196. The maximum atomic E-state index is 12.9. The average Bonchev–Trinajstić information content (AvgIpc) is 2.48. The van der Waals surface area contributed by atoms with E-state index in [0.29, 0.717) is 5.56 Å². The molecule has 0 fully saturated rings. The number of nitrogens with one attached hydrogen (secondary N) is 1. The topological polar surface area (TPSA) is 66.4 Å². The summed E-state index contributed by atoms with van der Waals surface area (Å²) in [7, 11) is -3.87. The minimum atomic E-state index is -3.87. The van der Waals surface area contributed by atoms with Crippen molar-refractivity contribution in [2.24, 2.45) is 0 Å². The fourth-order valence-electron chi connectivity index (χ4n) is 1.96. The molecule has 4 nitrogen and oxygen atoms in total. The second kappa shape index (κ2) is 5.93. The molecule has 1 atom stereocenters. The Bertz CT molecular complexity index is 701. The predicted molar refractivity (Wildman–Crippen MR) is 77.6 cm³/mol. The molecule has 0 radical (unpaired) electrons. The van der Waals surface area contributed by atoms with Crippen LogP contribution in [0, 0.1) is 5.82 Å². The van der Waals surface area contributed by atoms with E-state index in [-0.39, 0.29) is 4.90 Å². The monoisotopic (exact) mass is 309 g/mol. The van der Waals surface area contributed by atoms with Gasteiger partial charge in [0.25, 0.3) is 0 Å². The Morgan fingerprint density at radius 1 is 1.10 bits per heavy atom. The van der Waals surface area contributed by atoms with E-state index in [1.807, 2.05) is 0 Å². The largest absolute Gasteiger partial charge is 0.394 e. The highest BCUT2D eigenvalue weighted by atomic mass is 32.2. The van der Waals surface area contributed by atoms with Crippen LogP contribution in [0.3, 0.4) is 0 Å². The van der Waals surface area contributed by atoms with E-state index in [9.17, 15) is 17.9 Å². The third-order valence-corrected chi connectivity index (χ3v) is 4.82. The summed E-state index contributed by atoms with van der Waals surface area (Å²) in [5.41, 5.74) is -0.521. The smallest absolute Gasteiger partial charge is 0.241 e. The maximum absolute atomic E-state index is 12.9. The molecule has 21 heavy (non-hydrogen) atoms. The van der Waals surface area contributed by atoms with Crippen molar-refractivity contribution in [3.63, 3.8) is 0 Å². The van der Waals surface area contributed by atoms with Gasteiger partial charge in [0.2, 0.25) is 10.0 Å². The Labute approximate surface area is 123 Å². The molecular weight excluding hydrogens is 293 g/mol. The van der Waals surface area contributed by atoms with Crippen LogP contribution in [0.15, 0.2) is 59.5 Å². The van der Waals surface area contributed by atoms with Gasteiger partial charge in [-0.25, -0.2) is 12.8 Å². The van der Waals surface area contributed by atoms with Crippen molar-refractivity contribution in [3.8, 4) is 0 Å². The normalized spacial score (nSPS) is 14.6. The van der Waals surface area contributed by atoms with E-state index in [0.717, 1.165) is 12.1 Å². The van der Waals surface area contributed by atoms with Crippen molar-refractivity contribution >= 4 is 10.0 Å². The zero-order valence-electron chi connectivity index (χ0n) is 11.5. The molecule has 6 heteroatoms. The van der Waals surface area contributed by atoms with Crippen molar-refractivity contribution in [1.82, 2.24) is 4.72 Å². The first-order chi connectivity index (χ1) is 9.87. The molecule has 2 N–H and O–H groups in total. The Hall–Kier alpha value is -1.76. The summed E-state index contributed by atoms with van der Waals surface area (Å²) in [5.74, 6) is -0.512. The molecule has 0 saturated heterocycles. The average molecular weight is 309 g/mol. The zero-order chi connectivity index (χ0) is 15.5. The first-order valence-electron chi connectivity index (χ1n) is 6.33. The van der Waals surface area contributed by atoms with Crippen LogP contribution >= 0.6 is 0 Å². The van der Waals surface area contributed by atoms with Crippen LogP contribution in [0.25, 0.3) is 0 Å². The van der Waals surface area contributed by atoms with E-state index < -0.39 is 28.0 Å². The van der Waals surface area contributed by atoms with Crippen molar-refractivity contribution in [2.45, 2.75) is 17.4 Å². The Balaban J connectivity index is 2.35. The summed E-state index contributed by atoms with van der Waals surface area (Å²) in [6, 6.07) is 13.3. The molecule has 2 aromatic rings. The highest BCUT2D eigenvalue weighted by Gasteiger charge is 2.31. The molecule has 2 aromatic carbocycles. The van der Waals surface area contributed by atoms with Crippen molar-refractivity contribution in [3.05, 3.63) is 66.0 Å². The lowest BCUT2D eigenvalue weighted by atomic mass is 9.94. The third-order valence-electron chi connectivity index (χ3n) is 3.21. The maximum Gasteiger partial charge on any atom is 0.241 e. The van der Waals surface area contributed by atoms with Gasteiger partial charge in [-0.3, -0.25) is 0 Å². The zero-order valence-corrected chi connectivity index (χ0v) is 12.3. The van der Waals surface area contributed by atoms with Crippen LogP contribution in [0.4, 0.5) is 4.39 Å². The molecular formula is C15H16FNO3S. The van der Waals surface area contributed by atoms with Crippen LogP contribution in [0.5, 0.6) is 0 Å². The Morgan fingerprint density at radius 2 is 1.67 bits per heavy atom. The summed E-state index contributed by atoms with van der Waals surface area (Å²) in [6.45, 7) is 1.18. The highest BCUT2D eigenvalue weighted by Crippen LogP contribution is 2.23. The number of sulfonamides is 1. The number of benzene rings is 2. The van der Waals surface area contributed by atoms with E-state index in [1.54, 1.807) is 37.3 Å². The SMILES string of the molecule is CC(CO)(NS(=O)(=O)c1ccc(F)cc1)c1ccccc1. The van der Waals surface area contributed by atoms with Crippen molar-refractivity contribution in [2.75, 3.05) is 6.61 Å². The van der Waals surface area contributed by atoms with E-state index in [1.165, 1.54) is 12.1 Å². The Morgan fingerprint density at radius 3 is 2.19 bits per heavy atom. The summed E-state index contributed by atoms with van der Waals surface area (Å²) >= 11 is 0. The molecule has 1 unspecified atom stereocenters. The minimum absolute atomic E-state index is 0.0560. The first-order valence-corrected chi connectivity index (χ1v) is 7.82. The summed E-state index contributed by atoms with van der Waals surface area (Å²) < 4.78 is 40.1. The molecule has 0 amide bonds. The van der Waals surface area contributed by atoms with Gasteiger partial charge in [0.15, 0.2) is 0 Å². The second-order valence-corrected chi connectivity index (χ2v) is 6.60. The molecule has 0 aliphatic carbocycles. The molecule has 0 spiro atoms. The van der Waals surface area contributed by atoms with Gasteiger partial charge in [-0.1, -0.05) is 30.3 Å². The van der Waals surface area contributed by atoms with Crippen molar-refractivity contribution < 1.29 is 17.9 Å². The number of hydrogen-bond acceptors (Lipinski definition) is 3. The fourth-order valence-corrected chi connectivity index (χ4v) is 3.35. The van der Waals surface area contributed by atoms with Gasteiger partial charge in [0, 0.05) is 0 Å². The summed E-state index contributed by atoms with van der Waals surface area (Å²) in [6.07, 6.45) is 0. The lowest BCUT2D eigenvalue weighted by Gasteiger charge is -2.29. The summed E-state index contributed by atoms with van der Waals surface area (Å²) in [5, 5.41) is 9.61. The fraction of sp³-hybridized carbons (Fsp3) is 0.200. The van der Waals surface area contributed by atoms with Crippen molar-refractivity contribution in [1.29, 1.82) is 0 Å².